The van der Waals surface area contributed by atoms with Crippen LogP contribution in [0.2, 0.25) is 0 Å². The van der Waals surface area contributed by atoms with Gasteiger partial charge in [0.25, 0.3) is 0 Å². The highest BCUT2D eigenvalue weighted by Gasteiger charge is 2.26. The van der Waals surface area contributed by atoms with Crippen LogP contribution in [0, 0.1) is 0 Å². The first-order chi connectivity index (χ1) is 9.50. The van der Waals surface area contributed by atoms with E-state index in [4.69, 9.17) is 15.2 Å². The molecule has 0 amide bonds. The third-order valence-electron chi connectivity index (χ3n) is 2.78. The van der Waals surface area contributed by atoms with Gasteiger partial charge in [-0.15, -0.1) is 0 Å². The van der Waals surface area contributed by atoms with Crippen LogP contribution >= 0.6 is 0 Å². The van der Waals surface area contributed by atoms with Crippen LogP contribution in [-0.2, 0) is 4.74 Å². The topological polar surface area (TPSA) is 56.8 Å². The van der Waals surface area contributed by atoms with Crippen LogP contribution in [0.4, 0.5) is 4.39 Å². The summed E-state index contributed by atoms with van der Waals surface area (Å²) in [6.45, 7) is 4.67. The summed E-state index contributed by atoms with van der Waals surface area (Å²) in [5.41, 5.74) is 5.92. The number of hydrogen-bond acceptors (Lipinski definition) is 4. The number of halogens is 1. The minimum atomic E-state index is -0.373. The van der Waals surface area contributed by atoms with Gasteiger partial charge in [0.05, 0.1) is 5.54 Å². The third kappa shape index (κ3) is 3.81. The first kappa shape index (κ1) is 14.5. The Balaban J connectivity index is 1.99. The lowest BCUT2D eigenvalue weighted by Crippen LogP contribution is -2.17. The van der Waals surface area contributed by atoms with Crippen molar-refractivity contribution in [2.24, 2.45) is 10.7 Å². The zero-order valence-corrected chi connectivity index (χ0v) is 11.7. The highest BCUT2D eigenvalue weighted by molar-refractivity contribution is 5.95. The molecule has 0 saturated heterocycles. The minimum Gasteiger partial charge on any atom is -0.487 e. The zero-order valence-electron chi connectivity index (χ0n) is 11.7. The molecular formula is C15H19FN2O2. The lowest BCUT2D eigenvalue weighted by molar-refractivity contribution is 0.279. The molecule has 1 heterocycles. The molecule has 0 bridgehead atoms. The van der Waals surface area contributed by atoms with E-state index in [-0.39, 0.29) is 24.5 Å². The Morgan fingerprint density at radius 1 is 1.45 bits per heavy atom. The van der Waals surface area contributed by atoms with Crippen molar-refractivity contribution >= 4 is 5.90 Å². The number of hydrogen-bond donors (Lipinski definition) is 1. The van der Waals surface area contributed by atoms with Crippen molar-refractivity contribution in [2.45, 2.75) is 19.4 Å². The quantitative estimate of drug-likeness (QED) is 0.900. The average Bonchev–Trinajstić information content (AvgIpc) is 2.78. The smallest absolute Gasteiger partial charge is 0.216 e. The van der Waals surface area contributed by atoms with Gasteiger partial charge < -0.3 is 15.2 Å². The van der Waals surface area contributed by atoms with E-state index in [1.165, 1.54) is 6.08 Å². The SMILES string of the molecule is CC1(C)COC(c2ccc(OCC(F)=CCN)cc2)=N1. The molecule has 20 heavy (non-hydrogen) atoms. The van der Waals surface area contributed by atoms with Gasteiger partial charge >= 0.3 is 0 Å². The highest BCUT2D eigenvalue weighted by atomic mass is 19.1. The summed E-state index contributed by atoms with van der Waals surface area (Å²) in [4.78, 5) is 4.49. The molecule has 108 valence electrons. The second-order valence-corrected chi connectivity index (χ2v) is 5.22. The molecule has 0 atom stereocenters. The minimum absolute atomic E-state index is 0.110. The molecule has 5 heteroatoms. The summed E-state index contributed by atoms with van der Waals surface area (Å²) in [6.07, 6.45) is 1.29. The summed E-state index contributed by atoms with van der Waals surface area (Å²) in [5.74, 6) is 0.852. The molecule has 0 radical (unpaired) electrons. The molecule has 1 aliphatic heterocycles. The fourth-order valence-electron chi connectivity index (χ4n) is 1.77. The van der Waals surface area contributed by atoms with E-state index >= 15 is 0 Å². The summed E-state index contributed by atoms with van der Waals surface area (Å²) in [6, 6.07) is 7.23. The Morgan fingerprint density at radius 3 is 2.70 bits per heavy atom. The van der Waals surface area contributed by atoms with Crippen LogP contribution in [-0.4, -0.2) is 31.2 Å². The molecule has 2 rings (SSSR count). The monoisotopic (exact) mass is 278 g/mol. The lowest BCUT2D eigenvalue weighted by Gasteiger charge is -2.07. The lowest BCUT2D eigenvalue weighted by atomic mass is 10.1. The predicted octanol–water partition coefficient (Wildman–Crippen LogP) is 2.43. The molecule has 1 aromatic rings. The molecule has 0 aliphatic carbocycles. The second-order valence-electron chi connectivity index (χ2n) is 5.22. The standard InChI is InChI=1S/C15H19FN2O2/c1-15(2)10-20-14(18-15)11-3-5-13(6-4-11)19-9-12(16)7-8-17/h3-7H,8-10,17H2,1-2H3. The van der Waals surface area contributed by atoms with Gasteiger partial charge in [0.15, 0.2) is 0 Å². The fourth-order valence-corrected chi connectivity index (χ4v) is 1.77. The first-order valence-electron chi connectivity index (χ1n) is 6.51. The van der Waals surface area contributed by atoms with E-state index in [9.17, 15) is 4.39 Å². The molecule has 0 unspecified atom stereocenters. The van der Waals surface area contributed by atoms with E-state index in [2.05, 4.69) is 4.99 Å². The maximum Gasteiger partial charge on any atom is 0.216 e. The largest absolute Gasteiger partial charge is 0.487 e. The maximum atomic E-state index is 13.1. The van der Waals surface area contributed by atoms with E-state index in [1.54, 1.807) is 12.1 Å². The predicted molar refractivity (Wildman–Crippen MR) is 76.8 cm³/mol. The van der Waals surface area contributed by atoms with Crippen molar-refractivity contribution in [2.75, 3.05) is 19.8 Å². The summed E-state index contributed by atoms with van der Waals surface area (Å²) in [7, 11) is 0. The molecule has 0 spiro atoms. The Kier molecular flexibility index (Phi) is 4.39. The zero-order chi connectivity index (χ0) is 14.6. The van der Waals surface area contributed by atoms with E-state index in [0.717, 1.165) is 5.56 Å². The molecule has 1 aliphatic rings. The van der Waals surface area contributed by atoms with Crippen molar-refractivity contribution in [1.29, 1.82) is 0 Å². The van der Waals surface area contributed by atoms with E-state index in [1.807, 2.05) is 26.0 Å². The van der Waals surface area contributed by atoms with Crippen molar-refractivity contribution in [3.8, 4) is 5.75 Å². The van der Waals surface area contributed by atoms with Crippen LogP contribution in [0.5, 0.6) is 5.75 Å². The van der Waals surface area contributed by atoms with Crippen molar-refractivity contribution in [1.82, 2.24) is 0 Å². The van der Waals surface area contributed by atoms with Crippen molar-refractivity contribution in [3.05, 3.63) is 41.7 Å². The first-order valence-corrected chi connectivity index (χ1v) is 6.51. The Hall–Kier alpha value is -1.88. The highest BCUT2D eigenvalue weighted by Crippen LogP contribution is 2.22. The molecule has 0 fully saturated rings. The van der Waals surface area contributed by atoms with Crippen LogP contribution in [0.1, 0.15) is 19.4 Å². The van der Waals surface area contributed by atoms with Crippen LogP contribution in [0.25, 0.3) is 0 Å². The molecule has 0 aromatic heterocycles. The van der Waals surface area contributed by atoms with Crippen LogP contribution < -0.4 is 10.5 Å². The number of nitrogens with zero attached hydrogens (tertiary/aromatic N) is 1. The van der Waals surface area contributed by atoms with Crippen LogP contribution in [0.15, 0.2) is 41.2 Å². The van der Waals surface area contributed by atoms with Crippen molar-refractivity contribution in [3.63, 3.8) is 0 Å². The molecule has 4 nitrogen and oxygen atoms in total. The van der Waals surface area contributed by atoms with Gasteiger partial charge in [0.2, 0.25) is 5.90 Å². The summed E-state index contributed by atoms with van der Waals surface area (Å²) < 4.78 is 24.0. The van der Waals surface area contributed by atoms with E-state index in [0.29, 0.717) is 18.3 Å². The van der Waals surface area contributed by atoms with Crippen molar-refractivity contribution < 1.29 is 13.9 Å². The molecular weight excluding hydrogens is 259 g/mol. The Bertz CT molecular complexity index is 521. The van der Waals surface area contributed by atoms with Gasteiger partial charge in [-0.2, -0.15) is 0 Å². The van der Waals surface area contributed by atoms with Gasteiger partial charge in [-0.25, -0.2) is 9.38 Å². The average molecular weight is 278 g/mol. The van der Waals surface area contributed by atoms with Gasteiger partial charge in [-0.1, -0.05) is 0 Å². The number of benzene rings is 1. The summed E-state index contributed by atoms with van der Waals surface area (Å²) >= 11 is 0. The maximum absolute atomic E-state index is 13.1. The van der Waals surface area contributed by atoms with Gasteiger partial charge in [0, 0.05) is 12.1 Å². The molecule has 1 aromatic carbocycles. The molecule has 0 saturated carbocycles. The third-order valence-corrected chi connectivity index (χ3v) is 2.78. The number of nitrogens with two attached hydrogens (primary N) is 1. The Labute approximate surface area is 118 Å². The summed E-state index contributed by atoms with van der Waals surface area (Å²) in [5, 5.41) is 0. The van der Waals surface area contributed by atoms with Gasteiger partial charge in [-0.3, -0.25) is 0 Å². The number of ether oxygens (including phenoxy) is 2. The fraction of sp³-hybridized carbons (Fsp3) is 0.400. The van der Waals surface area contributed by atoms with E-state index < -0.39 is 0 Å². The molecule has 2 N–H and O–H groups in total. The van der Waals surface area contributed by atoms with Crippen LogP contribution in [0.3, 0.4) is 0 Å². The normalized spacial score (nSPS) is 17.6. The van der Waals surface area contributed by atoms with Gasteiger partial charge in [-0.05, 0) is 44.2 Å². The second kappa shape index (κ2) is 6.05. The number of rotatable bonds is 5. The van der Waals surface area contributed by atoms with Gasteiger partial charge in [0.1, 0.15) is 24.8 Å². The Morgan fingerprint density at radius 2 is 2.15 bits per heavy atom. The number of aliphatic imine (C=N–C) groups is 1.